The molecule has 1 aliphatic heterocycles. The van der Waals surface area contributed by atoms with Crippen LogP contribution in [0.3, 0.4) is 0 Å². The number of aromatic nitrogens is 3. The van der Waals surface area contributed by atoms with Crippen molar-refractivity contribution in [2.75, 3.05) is 38.1 Å². The average Bonchev–Trinajstić information content (AvgIpc) is 3.15. The largest absolute Gasteiger partial charge is 0.353 e. The first-order valence-corrected chi connectivity index (χ1v) is 10.1. The van der Waals surface area contributed by atoms with Crippen molar-refractivity contribution in [3.8, 4) is 16.8 Å². The second-order valence-corrected chi connectivity index (χ2v) is 7.75. The van der Waals surface area contributed by atoms with E-state index in [-0.39, 0.29) is 0 Å². The van der Waals surface area contributed by atoms with Gasteiger partial charge in [0.2, 0.25) is 0 Å². The zero-order chi connectivity index (χ0) is 19.8. The Kier molecular flexibility index (Phi) is 4.52. The van der Waals surface area contributed by atoms with Gasteiger partial charge in [-0.2, -0.15) is 0 Å². The molecule has 0 N–H and O–H groups in total. The Morgan fingerprint density at radius 2 is 1.55 bits per heavy atom. The lowest BCUT2D eigenvalue weighted by molar-refractivity contribution is 0.312. The number of fused-ring (bicyclic) bond motifs is 1. The molecule has 29 heavy (non-hydrogen) atoms. The zero-order valence-electron chi connectivity index (χ0n) is 16.9. The fourth-order valence-corrected chi connectivity index (χ4v) is 4.16. The molecule has 2 aromatic heterocycles. The van der Waals surface area contributed by atoms with Gasteiger partial charge in [-0.3, -0.25) is 0 Å². The monoisotopic (exact) mass is 383 g/mol. The molecule has 2 aromatic carbocycles. The molecule has 0 radical (unpaired) electrons. The number of piperazine rings is 1. The van der Waals surface area contributed by atoms with Gasteiger partial charge in [-0.25, -0.2) is 9.97 Å². The predicted molar refractivity (Wildman–Crippen MR) is 119 cm³/mol. The molecule has 0 amide bonds. The van der Waals surface area contributed by atoms with E-state index in [9.17, 15) is 0 Å². The molecule has 1 saturated heterocycles. The summed E-state index contributed by atoms with van der Waals surface area (Å²) >= 11 is 0. The molecule has 5 rings (SSSR count). The van der Waals surface area contributed by atoms with Crippen LogP contribution in [0.15, 0.2) is 67.1 Å². The Morgan fingerprint density at radius 1 is 0.828 bits per heavy atom. The van der Waals surface area contributed by atoms with Gasteiger partial charge in [0.25, 0.3) is 0 Å². The number of hydrogen-bond donors (Lipinski definition) is 0. The van der Waals surface area contributed by atoms with Crippen molar-refractivity contribution in [1.29, 1.82) is 0 Å². The van der Waals surface area contributed by atoms with Crippen molar-refractivity contribution in [1.82, 2.24) is 19.4 Å². The average molecular weight is 383 g/mol. The number of para-hydroxylation sites is 1. The minimum atomic E-state index is 0.960. The highest BCUT2D eigenvalue weighted by Crippen LogP contribution is 2.37. The number of likely N-dealkylation sites (N-methyl/N-ethyl adjacent to an activating group) is 1. The summed E-state index contributed by atoms with van der Waals surface area (Å²) in [4.78, 5) is 14.3. The van der Waals surface area contributed by atoms with E-state index in [2.05, 4.69) is 89.1 Å². The summed E-state index contributed by atoms with van der Waals surface area (Å²) in [5.74, 6) is 1.04. The minimum Gasteiger partial charge on any atom is -0.353 e. The van der Waals surface area contributed by atoms with Crippen LogP contribution in [0.2, 0.25) is 0 Å². The summed E-state index contributed by atoms with van der Waals surface area (Å²) < 4.78 is 2.22. The summed E-state index contributed by atoms with van der Waals surface area (Å²) in [5, 5.41) is 1.13. The maximum Gasteiger partial charge on any atom is 0.150 e. The van der Waals surface area contributed by atoms with Crippen molar-refractivity contribution in [3.05, 3.63) is 72.7 Å². The van der Waals surface area contributed by atoms with E-state index >= 15 is 0 Å². The van der Waals surface area contributed by atoms with E-state index in [4.69, 9.17) is 9.97 Å². The molecule has 1 aliphatic rings. The molecule has 4 aromatic rings. The van der Waals surface area contributed by atoms with Crippen LogP contribution < -0.4 is 4.90 Å². The topological polar surface area (TPSA) is 37.2 Å². The van der Waals surface area contributed by atoms with Crippen LogP contribution in [0.1, 0.15) is 5.56 Å². The zero-order valence-corrected chi connectivity index (χ0v) is 16.9. The second kappa shape index (κ2) is 7.33. The molecule has 0 unspecified atom stereocenters. The van der Waals surface area contributed by atoms with Crippen LogP contribution in [0.4, 0.5) is 5.82 Å². The summed E-state index contributed by atoms with van der Waals surface area (Å²) in [6.45, 7) is 6.19. The molecular formula is C24H25N5. The molecule has 3 heterocycles. The Balaban J connectivity index is 1.77. The SMILES string of the molecule is Cc1ccccc1-n1cc(-c2ccccc2)c2c(N3CCN(C)CC3)ncnc21. The summed E-state index contributed by atoms with van der Waals surface area (Å²) in [7, 11) is 2.18. The van der Waals surface area contributed by atoms with E-state index in [0.29, 0.717) is 0 Å². The van der Waals surface area contributed by atoms with Crippen LogP contribution >= 0.6 is 0 Å². The van der Waals surface area contributed by atoms with Crippen molar-refractivity contribution >= 4 is 16.9 Å². The highest BCUT2D eigenvalue weighted by Gasteiger charge is 2.23. The number of rotatable bonds is 3. The highest BCUT2D eigenvalue weighted by atomic mass is 15.3. The lowest BCUT2D eigenvalue weighted by atomic mass is 10.1. The van der Waals surface area contributed by atoms with Crippen molar-refractivity contribution in [3.63, 3.8) is 0 Å². The number of benzene rings is 2. The van der Waals surface area contributed by atoms with Gasteiger partial charge in [0.15, 0.2) is 5.65 Å². The standard InChI is InChI=1S/C24H25N5/c1-18-8-6-7-11-21(18)29-16-20(19-9-4-3-5-10-19)22-23(25-17-26-24(22)29)28-14-12-27(2)13-15-28/h3-11,16-17H,12-15H2,1-2H3. The summed E-state index contributed by atoms with van der Waals surface area (Å²) in [6.07, 6.45) is 3.93. The third kappa shape index (κ3) is 3.17. The predicted octanol–water partition coefficient (Wildman–Crippen LogP) is 4.15. The first kappa shape index (κ1) is 17.9. The van der Waals surface area contributed by atoms with Gasteiger partial charge < -0.3 is 14.4 Å². The van der Waals surface area contributed by atoms with Crippen molar-refractivity contribution in [2.24, 2.45) is 0 Å². The van der Waals surface area contributed by atoms with Gasteiger partial charge in [-0.05, 0) is 31.2 Å². The van der Waals surface area contributed by atoms with E-state index < -0.39 is 0 Å². The molecular weight excluding hydrogens is 358 g/mol. The minimum absolute atomic E-state index is 0.960. The number of nitrogens with zero attached hydrogens (tertiary/aromatic N) is 5. The van der Waals surface area contributed by atoms with E-state index in [0.717, 1.165) is 48.7 Å². The molecule has 1 fully saturated rings. The van der Waals surface area contributed by atoms with E-state index in [1.807, 2.05) is 0 Å². The first-order valence-electron chi connectivity index (χ1n) is 10.1. The maximum atomic E-state index is 4.75. The number of hydrogen-bond acceptors (Lipinski definition) is 4. The molecule has 0 aliphatic carbocycles. The van der Waals surface area contributed by atoms with Crippen LogP contribution in [-0.4, -0.2) is 52.7 Å². The normalized spacial score (nSPS) is 15.2. The maximum absolute atomic E-state index is 4.75. The van der Waals surface area contributed by atoms with Gasteiger partial charge in [0.1, 0.15) is 12.1 Å². The van der Waals surface area contributed by atoms with Gasteiger partial charge in [-0.15, -0.1) is 0 Å². The third-order valence-corrected chi connectivity index (χ3v) is 5.83. The fourth-order valence-electron chi connectivity index (χ4n) is 4.16. The Bertz CT molecular complexity index is 1140. The summed E-state index contributed by atoms with van der Waals surface area (Å²) in [6, 6.07) is 19.0. The highest BCUT2D eigenvalue weighted by molar-refractivity contribution is 6.02. The number of aryl methyl sites for hydroxylation is 1. The third-order valence-electron chi connectivity index (χ3n) is 5.83. The van der Waals surface area contributed by atoms with Gasteiger partial charge in [0.05, 0.1) is 5.39 Å². The Morgan fingerprint density at radius 3 is 2.31 bits per heavy atom. The van der Waals surface area contributed by atoms with Crippen LogP contribution in [-0.2, 0) is 0 Å². The van der Waals surface area contributed by atoms with Crippen LogP contribution in [0.5, 0.6) is 0 Å². The fraction of sp³-hybridized carbons (Fsp3) is 0.250. The number of anilines is 1. The molecule has 0 atom stereocenters. The molecule has 0 bridgehead atoms. The first-order chi connectivity index (χ1) is 14.2. The molecule has 0 spiro atoms. The summed E-state index contributed by atoms with van der Waals surface area (Å²) in [5.41, 5.74) is 5.71. The smallest absolute Gasteiger partial charge is 0.150 e. The van der Waals surface area contributed by atoms with E-state index in [1.165, 1.54) is 16.7 Å². The molecule has 5 heteroatoms. The van der Waals surface area contributed by atoms with E-state index in [1.54, 1.807) is 6.33 Å². The lowest BCUT2D eigenvalue weighted by Crippen LogP contribution is -2.44. The Hall–Kier alpha value is -3.18. The quantitative estimate of drug-likeness (QED) is 0.533. The molecule has 5 nitrogen and oxygen atoms in total. The van der Waals surface area contributed by atoms with Crippen LogP contribution in [0.25, 0.3) is 27.8 Å². The van der Waals surface area contributed by atoms with Crippen molar-refractivity contribution < 1.29 is 0 Å². The lowest BCUT2D eigenvalue weighted by Gasteiger charge is -2.33. The molecule has 146 valence electrons. The Labute approximate surface area is 171 Å². The van der Waals surface area contributed by atoms with Gasteiger partial charge in [0, 0.05) is 43.6 Å². The van der Waals surface area contributed by atoms with Gasteiger partial charge in [-0.1, -0.05) is 48.5 Å². The van der Waals surface area contributed by atoms with Crippen molar-refractivity contribution in [2.45, 2.75) is 6.92 Å². The van der Waals surface area contributed by atoms with Crippen LogP contribution in [0, 0.1) is 6.92 Å². The van der Waals surface area contributed by atoms with Gasteiger partial charge >= 0.3 is 0 Å². The molecule has 0 saturated carbocycles. The second-order valence-electron chi connectivity index (χ2n) is 7.75.